The Kier molecular flexibility index (Phi) is 5.40. The van der Waals surface area contributed by atoms with E-state index in [0.717, 1.165) is 40.8 Å². The Bertz CT molecular complexity index is 432. The van der Waals surface area contributed by atoms with Gasteiger partial charge in [0.1, 0.15) is 0 Å². The fourth-order valence-electron chi connectivity index (χ4n) is 2.37. The third-order valence-corrected chi connectivity index (χ3v) is 4.90. The quantitative estimate of drug-likeness (QED) is 0.686. The number of rotatable bonds is 4. The van der Waals surface area contributed by atoms with Crippen LogP contribution in [-0.2, 0) is 0 Å². The lowest BCUT2D eigenvalue weighted by Gasteiger charge is -2.22. The second-order valence-electron chi connectivity index (χ2n) is 4.85. The first-order valence-corrected chi connectivity index (χ1v) is 8.13. The van der Waals surface area contributed by atoms with Crippen molar-refractivity contribution in [3.8, 4) is 11.5 Å². The van der Waals surface area contributed by atoms with Crippen molar-refractivity contribution in [2.75, 3.05) is 13.2 Å². The van der Waals surface area contributed by atoms with Gasteiger partial charge in [0.25, 0.3) is 0 Å². The van der Waals surface area contributed by atoms with Crippen molar-refractivity contribution >= 4 is 27.5 Å². The zero-order chi connectivity index (χ0) is 13.8. The molecule has 0 aromatic heterocycles. The van der Waals surface area contributed by atoms with Crippen molar-refractivity contribution in [2.24, 2.45) is 5.92 Å². The largest absolute Gasteiger partial charge is 0.490 e. The van der Waals surface area contributed by atoms with Gasteiger partial charge in [0.05, 0.1) is 18.6 Å². The first-order valence-electron chi connectivity index (χ1n) is 6.90. The first-order chi connectivity index (χ1) is 9.17. The molecule has 0 bridgehead atoms. The normalized spacial score (nSPS) is 16.3. The van der Waals surface area contributed by atoms with E-state index in [2.05, 4.69) is 29.8 Å². The Hall–Kier alpha value is -0.410. The van der Waals surface area contributed by atoms with E-state index in [1.54, 1.807) is 0 Å². The average Bonchev–Trinajstić information content (AvgIpc) is 2.63. The molecule has 19 heavy (non-hydrogen) atoms. The van der Waals surface area contributed by atoms with Gasteiger partial charge in [-0.3, -0.25) is 0 Å². The second kappa shape index (κ2) is 6.85. The Morgan fingerprint density at radius 2 is 1.74 bits per heavy atom. The minimum atomic E-state index is 0.00141. The van der Waals surface area contributed by atoms with E-state index < -0.39 is 0 Å². The second-order valence-corrected chi connectivity index (χ2v) is 6.17. The maximum absolute atomic E-state index is 6.63. The van der Waals surface area contributed by atoms with Gasteiger partial charge < -0.3 is 9.47 Å². The van der Waals surface area contributed by atoms with Gasteiger partial charge in [-0.1, -0.05) is 42.6 Å². The number of ether oxygens (including phenoxy) is 2. The Balaban J connectivity index is 2.33. The van der Waals surface area contributed by atoms with Crippen LogP contribution in [0.25, 0.3) is 0 Å². The van der Waals surface area contributed by atoms with Crippen molar-refractivity contribution < 1.29 is 9.47 Å². The van der Waals surface area contributed by atoms with Crippen LogP contribution in [0.1, 0.15) is 44.1 Å². The lowest BCUT2D eigenvalue weighted by Crippen LogP contribution is -2.07. The Labute approximate surface area is 128 Å². The summed E-state index contributed by atoms with van der Waals surface area (Å²) >= 11 is 10.2. The van der Waals surface area contributed by atoms with Gasteiger partial charge >= 0.3 is 0 Å². The van der Waals surface area contributed by atoms with Gasteiger partial charge in [0.2, 0.25) is 0 Å². The lowest BCUT2D eigenvalue weighted by molar-refractivity contribution is 0.297. The summed E-state index contributed by atoms with van der Waals surface area (Å²) in [5.74, 6) is 2.09. The van der Waals surface area contributed by atoms with Crippen LogP contribution in [0.3, 0.4) is 0 Å². The van der Waals surface area contributed by atoms with E-state index in [1.165, 1.54) is 0 Å². The molecule has 0 radical (unpaired) electrons. The highest BCUT2D eigenvalue weighted by molar-refractivity contribution is 9.10. The van der Waals surface area contributed by atoms with Crippen LogP contribution in [-0.4, -0.2) is 13.2 Å². The maximum Gasteiger partial charge on any atom is 0.162 e. The predicted molar refractivity (Wildman–Crippen MR) is 82.4 cm³/mol. The zero-order valence-electron chi connectivity index (χ0n) is 11.4. The number of hydrogen-bond donors (Lipinski definition) is 0. The zero-order valence-corrected chi connectivity index (χ0v) is 13.8. The molecule has 0 amide bonds. The molecule has 1 aliphatic heterocycles. The summed E-state index contributed by atoms with van der Waals surface area (Å²) in [6.07, 6.45) is 3.07. The standard InChI is InChI=1S/C15H20BrClO2/c1-3-10(4-2)15(17)11-8-13-14(9-12(11)16)19-7-5-6-18-13/h8-10,15H,3-7H2,1-2H3. The van der Waals surface area contributed by atoms with E-state index in [4.69, 9.17) is 21.1 Å². The van der Waals surface area contributed by atoms with E-state index in [-0.39, 0.29) is 5.38 Å². The van der Waals surface area contributed by atoms with Crippen molar-refractivity contribution in [1.82, 2.24) is 0 Å². The highest BCUT2D eigenvalue weighted by Crippen LogP contribution is 2.43. The first kappa shape index (κ1) is 15.0. The molecule has 0 aliphatic carbocycles. The van der Waals surface area contributed by atoms with Crippen LogP contribution in [0.5, 0.6) is 11.5 Å². The molecule has 2 nitrogen and oxygen atoms in total. The Morgan fingerprint density at radius 1 is 1.16 bits per heavy atom. The van der Waals surface area contributed by atoms with Crippen molar-refractivity contribution in [2.45, 2.75) is 38.5 Å². The highest BCUT2D eigenvalue weighted by Gasteiger charge is 2.23. The molecule has 1 aromatic rings. The van der Waals surface area contributed by atoms with Gasteiger partial charge in [-0.05, 0) is 23.6 Å². The summed E-state index contributed by atoms with van der Waals surface area (Å²) in [7, 11) is 0. The predicted octanol–water partition coefficient (Wildman–Crippen LogP) is 5.33. The highest BCUT2D eigenvalue weighted by atomic mass is 79.9. The average molecular weight is 348 g/mol. The van der Waals surface area contributed by atoms with Gasteiger partial charge in [0, 0.05) is 10.9 Å². The van der Waals surface area contributed by atoms with Gasteiger partial charge in [-0.2, -0.15) is 0 Å². The van der Waals surface area contributed by atoms with Crippen LogP contribution in [0.15, 0.2) is 16.6 Å². The monoisotopic (exact) mass is 346 g/mol. The summed E-state index contributed by atoms with van der Waals surface area (Å²) in [6, 6.07) is 4.01. The maximum atomic E-state index is 6.63. The smallest absolute Gasteiger partial charge is 0.162 e. The van der Waals surface area contributed by atoms with Crippen molar-refractivity contribution in [1.29, 1.82) is 0 Å². The third kappa shape index (κ3) is 3.38. The summed E-state index contributed by atoms with van der Waals surface area (Å²) < 4.78 is 12.4. The summed E-state index contributed by atoms with van der Waals surface area (Å²) in [5.41, 5.74) is 1.10. The molecular formula is C15H20BrClO2. The van der Waals surface area contributed by atoms with Gasteiger partial charge in [0.15, 0.2) is 11.5 Å². The fraction of sp³-hybridized carbons (Fsp3) is 0.600. The van der Waals surface area contributed by atoms with Crippen molar-refractivity contribution in [3.63, 3.8) is 0 Å². The summed E-state index contributed by atoms with van der Waals surface area (Å²) in [4.78, 5) is 0. The van der Waals surface area contributed by atoms with Crippen LogP contribution < -0.4 is 9.47 Å². The number of fused-ring (bicyclic) bond motifs is 1. The minimum Gasteiger partial charge on any atom is -0.490 e. The summed E-state index contributed by atoms with van der Waals surface area (Å²) in [6.45, 7) is 5.77. The third-order valence-electron chi connectivity index (χ3n) is 3.63. The van der Waals surface area contributed by atoms with E-state index in [1.807, 2.05) is 12.1 Å². The molecule has 1 aromatic carbocycles. The molecule has 0 spiro atoms. The van der Waals surface area contributed by atoms with E-state index in [0.29, 0.717) is 19.1 Å². The lowest BCUT2D eigenvalue weighted by atomic mass is 9.94. The van der Waals surface area contributed by atoms with Crippen LogP contribution in [0, 0.1) is 5.92 Å². The molecule has 1 unspecified atom stereocenters. The van der Waals surface area contributed by atoms with Gasteiger partial charge in [-0.25, -0.2) is 0 Å². The SMILES string of the molecule is CCC(CC)C(Cl)c1cc2c(cc1Br)OCCCO2. The number of halogens is 2. The number of benzene rings is 1. The summed E-state index contributed by atoms with van der Waals surface area (Å²) in [5, 5.41) is 0.00141. The van der Waals surface area contributed by atoms with Crippen LogP contribution in [0.2, 0.25) is 0 Å². The fourth-order valence-corrected chi connectivity index (χ4v) is 3.61. The minimum absolute atomic E-state index is 0.00141. The van der Waals surface area contributed by atoms with Gasteiger partial charge in [-0.15, -0.1) is 11.6 Å². The topological polar surface area (TPSA) is 18.5 Å². The molecule has 0 fully saturated rings. The van der Waals surface area contributed by atoms with Crippen LogP contribution in [0.4, 0.5) is 0 Å². The Morgan fingerprint density at radius 3 is 2.32 bits per heavy atom. The molecule has 4 heteroatoms. The number of hydrogen-bond acceptors (Lipinski definition) is 2. The molecule has 0 saturated carbocycles. The molecule has 0 N–H and O–H groups in total. The van der Waals surface area contributed by atoms with Crippen molar-refractivity contribution in [3.05, 3.63) is 22.2 Å². The van der Waals surface area contributed by atoms with E-state index >= 15 is 0 Å². The molecule has 2 rings (SSSR count). The van der Waals surface area contributed by atoms with E-state index in [9.17, 15) is 0 Å². The molecule has 1 aliphatic rings. The number of alkyl halides is 1. The molecule has 1 heterocycles. The molecular weight excluding hydrogens is 328 g/mol. The molecule has 1 atom stereocenters. The van der Waals surface area contributed by atoms with Crippen LogP contribution >= 0.6 is 27.5 Å². The molecule has 106 valence electrons. The molecule has 0 saturated heterocycles.